The normalized spacial score (nSPS) is 11.9. The van der Waals surface area contributed by atoms with Crippen molar-refractivity contribution in [3.63, 3.8) is 0 Å². The van der Waals surface area contributed by atoms with Crippen LogP contribution < -0.4 is 11.1 Å². The number of hydrogen-bond donors (Lipinski definition) is 2. The zero-order chi connectivity index (χ0) is 19.3. The Hall–Kier alpha value is -3.50. The predicted molar refractivity (Wildman–Crippen MR) is 113 cm³/mol. The van der Waals surface area contributed by atoms with Crippen molar-refractivity contribution in [2.24, 2.45) is 5.73 Å². The maximum Gasteiger partial charge on any atom is 0.252 e. The van der Waals surface area contributed by atoms with E-state index in [4.69, 9.17) is 10.7 Å². The second-order valence-electron chi connectivity index (χ2n) is 6.61. The summed E-state index contributed by atoms with van der Waals surface area (Å²) >= 11 is 0. The van der Waals surface area contributed by atoms with Crippen LogP contribution in [0, 0.1) is 0 Å². The van der Waals surface area contributed by atoms with E-state index in [1.165, 1.54) is 0 Å². The lowest BCUT2D eigenvalue weighted by molar-refractivity contribution is 0.0939. The van der Waals surface area contributed by atoms with Gasteiger partial charge in [0.25, 0.3) is 5.91 Å². The van der Waals surface area contributed by atoms with Crippen LogP contribution in [0.3, 0.4) is 0 Å². The van der Waals surface area contributed by atoms with E-state index in [0.29, 0.717) is 12.1 Å². The van der Waals surface area contributed by atoms with Crippen molar-refractivity contribution in [1.82, 2.24) is 10.3 Å². The molecule has 3 N–H and O–H groups in total. The highest BCUT2D eigenvalue weighted by Gasteiger charge is 2.18. The zero-order valence-corrected chi connectivity index (χ0v) is 15.4. The molecule has 0 unspecified atom stereocenters. The molecular weight excluding hydrogens is 346 g/mol. The summed E-state index contributed by atoms with van der Waals surface area (Å²) in [5.41, 5.74) is 10.1. The number of benzene rings is 3. The van der Waals surface area contributed by atoms with E-state index in [0.717, 1.165) is 27.7 Å². The molecule has 3 aromatic carbocycles. The van der Waals surface area contributed by atoms with Crippen molar-refractivity contribution < 1.29 is 4.79 Å². The Balaban J connectivity index is 1.75. The predicted octanol–water partition coefficient (Wildman–Crippen LogP) is 4.33. The van der Waals surface area contributed by atoms with Crippen LogP contribution in [0.25, 0.3) is 22.2 Å². The lowest BCUT2D eigenvalue weighted by Gasteiger charge is -2.18. The molecule has 1 amide bonds. The number of pyridine rings is 1. The molecule has 0 saturated carbocycles. The van der Waals surface area contributed by atoms with Crippen molar-refractivity contribution in [3.8, 4) is 11.3 Å². The minimum absolute atomic E-state index is 0.157. The highest BCUT2D eigenvalue weighted by atomic mass is 16.1. The van der Waals surface area contributed by atoms with Gasteiger partial charge in [0.05, 0.1) is 22.8 Å². The molecule has 0 fully saturated rings. The summed E-state index contributed by atoms with van der Waals surface area (Å²) in [5.74, 6) is -0.157. The fourth-order valence-electron chi connectivity index (χ4n) is 3.32. The third kappa shape index (κ3) is 3.63. The fraction of sp³-hybridized carbons (Fsp3) is 0.0833. The van der Waals surface area contributed by atoms with Crippen LogP contribution in [-0.4, -0.2) is 17.4 Å². The highest BCUT2D eigenvalue weighted by Crippen LogP contribution is 2.25. The van der Waals surface area contributed by atoms with Crippen molar-refractivity contribution in [2.75, 3.05) is 6.54 Å². The summed E-state index contributed by atoms with van der Waals surface area (Å²) in [4.78, 5) is 17.9. The second kappa shape index (κ2) is 8.03. The van der Waals surface area contributed by atoms with Gasteiger partial charge < -0.3 is 11.1 Å². The molecule has 1 heterocycles. The molecule has 0 aliphatic rings. The highest BCUT2D eigenvalue weighted by molar-refractivity contribution is 6.07. The van der Waals surface area contributed by atoms with Crippen LogP contribution in [0.2, 0.25) is 0 Å². The molecule has 0 bridgehead atoms. The summed E-state index contributed by atoms with van der Waals surface area (Å²) in [6, 6.07) is 28.9. The first-order valence-electron chi connectivity index (χ1n) is 9.27. The van der Waals surface area contributed by atoms with Gasteiger partial charge in [0.15, 0.2) is 0 Å². The molecule has 28 heavy (non-hydrogen) atoms. The fourth-order valence-corrected chi connectivity index (χ4v) is 3.32. The Morgan fingerprint density at radius 2 is 1.54 bits per heavy atom. The molecule has 0 saturated heterocycles. The first-order chi connectivity index (χ1) is 13.8. The van der Waals surface area contributed by atoms with E-state index < -0.39 is 0 Å². The molecule has 0 radical (unpaired) electrons. The van der Waals surface area contributed by atoms with E-state index in [2.05, 4.69) is 5.32 Å². The Kier molecular flexibility index (Phi) is 5.13. The zero-order valence-electron chi connectivity index (χ0n) is 15.4. The van der Waals surface area contributed by atoms with Crippen LogP contribution in [0.1, 0.15) is 22.0 Å². The molecule has 138 valence electrons. The lowest BCUT2D eigenvalue weighted by atomic mass is 10.0. The van der Waals surface area contributed by atoms with E-state index in [1.807, 2.05) is 91.0 Å². The summed E-state index contributed by atoms with van der Waals surface area (Å²) < 4.78 is 0. The van der Waals surface area contributed by atoms with Gasteiger partial charge in [0.2, 0.25) is 0 Å². The maximum atomic E-state index is 13.2. The first-order valence-corrected chi connectivity index (χ1v) is 9.27. The van der Waals surface area contributed by atoms with Crippen LogP contribution in [0.15, 0.2) is 91.0 Å². The third-order valence-corrected chi connectivity index (χ3v) is 4.77. The van der Waals surface area contributed by atoms with Gasteiger partial charge in [-0.3, -0.25) is 4.79 Å². The van der Waals surface area contributed by atoms with Gasteiger partial charge in [-0.1, -0.05) is 78.9 Å². The van der Waals surface area contributed by atoms with E-state index in [1.54, 1.807) is 0 Å². The summed E-state index contributed by atoms with van der Waals surface area (Å²) in [6.07, 6.45) is 0. The lowest BCUT2D eigenvalue weighted by Crippen LogP contribution is -2.33. The van der Waals surface area contributed by atoms with Crippen LogP contribution >= 0.6 is 0 Å². The largest absolute Gasteiger partial charge is 0.344 e. The Morgan fingerprint density at radius 1 is 0.893 bits per heavy atom. The number of hydrogen-bond acceptors (Lipinski definition) is 3. The molecule has 1 aromatic heterocycles. The van der Waals surface area contributed by atoms with Gasteiger partial charge in [-0.25, -0.2) is 4.98 Å². The summed E-state index contributed by atoms with van der Waals surface area (Å²) in [7, 11) is 0. The summed E-state index contributed by atoms with van der Waals surface area (Å²) in [5, 5.41) is 3.90. The smallest absolute Gasteiger partial charge is 0.252 e. The average Bonchev–Trinajstić information content (AvgIpc) is 2.77. The molecule has 4 heteroatoms. The monoisotopic (exact) mass is 367 g/mol. The number of carbonyl (C=O) groups excluding carboxylic acids is 1. The molecule has 4 rings (SSSR count). The Labute approximate surface area is 164 Å². The van der Waals surface area contributed by atoms with Gasteiger partial charge in [-0.05, 0) is 17.7 Å². The van der Waals surface area contributed by atoms with Crippen molar-refractivity contribution in [3.05, 3.63) is 102 Å². The first kappa shape index (κ1) is 17.9. The topological polar surface area (TPSA) is 68.0 Å². The molecular formula is C24H21N3O. The number of amides is 1. The van der Waals surface area contributed by atoms with E-state index in [-0.39, 0.29) is 11.9 Å². The van der Waals surface area contributed by atoms with E-state index >= 15 is 0 Å². The number of nitrogens with two attached hydrogens (primary N) is 1. The molecule has 4 aromatic rings. The summed E-state index contributed by atoms with van der Waals surface area (Å²) in [6.45, 7) is 0.324. The maximum absolute atomic E-state index is 13.2. The molecule has 0 spiro atoms. The van der Waals surface area contributed by atoms with Gasteiger partial charge >= 0.3 is 0 Å². The van der Waals surface area contributed by atoms with E-state index in [9.17, 15) is 4.79 Å². The van der Waals surface area contributed by atoms with Gasteiger partial charge in [0.1, 0.15) is 0 Å². The van der Waals surface area contributed by atoms with Gasteiger partial charge in [-0.15, -0.1) is 0 Å². The Bertz CT molecular complexity index is 1090. The number of rotatable bonds is 5. The minimum atomic E-state index is -0.249. The van der Waals surface area contributed by atoms with Crippen LogP contribution in [-0.2, 0) is 0 Å². The van der Waals surface area contributed by atoms with Crippen molar-refractivity contribution in [1.29, 1.82) is 0 Å². The number of para-hydroxylation sites is 1. The SMILES string of the molecule is NC[C@H](NC(=O)c1cc(-c2ccccc2)nc2ccccc12)c1ccccc1. The molecule has 4 nitrogen and oxygen atoms in total. The number of nitrogens with one attached hydrogen (secondary N) is 1. The van der Waals surface area contributed by atoms with Crippen LogP contribution in [0.5, 0.6) is 0 Å². The number of fused-ring (bicyclic) bond motifs is 1. The molecule has 0 aliphatic carbocycles. The number of carbonyl (C=O) groups is 1. The third-order valence-electron chi connectivity index (χ3n) is 4.77. The number of aromatic nitrogens is 1. The number of nitrogens with zero attached hydrogens (tertiary/aromatic N) is 1. The van der Waals surface area contributed by atoms with Crippen molar-refractivity contribution >= 4 is 16.8 Å². The van der Waals surface area contributed by atoms with Gasteiger partial charge in [0, 0.05) is 17.5 Å². The quantitative estimate of drug-likeness (QED) is 0.552. The minimum Gasteiger partial charge on any atom is -0.344 e. The molecule has 0 aliphatic heterocycles. The second-order valence-corrected chi connectivity index (χ2v) is 6.61. The van der Waals surface area contributed by atoms with Crippen LogP contribution in [0.4, 0.5) is 0 Å². The Morgan fingerprint density at radius 3 is 2.25 bits per heavy atom. The van der Waals surface area contributed by atoms with Gasteiger partial charge in [-0.2, -0.15) is 0 Å². The van der Waals surface area contributed by atoms with Crippen molar-refractivity contribution in [2.45, 2.75) is 6.04 Å². The average molecular weight is 367 g/mol. The molecule has 1 atom stereocenters. The standard InChI is InChI=1S/C24H21N3O/c25-16-23(18-11-5-2-6-12-18)27-24(28)20-15-22(17-9-3-1-4-10-17)26-21-14-8-7-13-19(20)21/h1-15,23H,16,25H2,(H,27,28)/t23-/m0/s1.